The van der Waals surface area contributed by atoms with E-state index in [0.717, 1.165) is 5.56 Å². The predicted octanol–water partition coefficient (Wildman–Crippen LogP) is 2.48. The highest BCUT2D eigenvalue weighted by molar-refractivity contribution is 6.10. The Hall–Kier alpha value is -3.56. The van der Waals surface area contributed by atoms with Crippen molar-refractivity contribution in [3.63, 3.8) is 0 Å². The van der Waals surface area contributed by atoms with Gasteiger partial charge in [0.25, 0.3) is 17.5 Å². The van der Waals surface area contributed by atoms with Crippen LogP contribution in [0.3, 0.4) is 0 Å². The Morgan fingerprint density at radius 3 is 2.47 bits per heavy atom. The molecule has 1 aliphatic heterocycles. The molecule has 0 bridgehead atoms. The van der Waals surface area contributed by atoms with E-state index in [0.29, 0.717) is 4.90 Å². The predicted molar refractivity (Wildman–Crippen MR) is 99.6 cm³/mol. The molecule has 2 aromatic rings. The van der Waals surface area contributed by atoms with Gasteiger partial charge in [0.1, 0.15) is 5.75 Å². The van der Waals surface area contributed by atoms with Crippen molar-refractivity contribution in [2.75, 3.05) is 13.7 Å². The van der Waals surface area contributed by atoms with Crippen LogP contribution in [0.1, 0.15) is 15.9 Å². The Labute approximate surface area is 169 Å². The minimum Gasteiger partial charge on any atom is -0.497 e. The van der Waals surface area contributed by atoms with Gasteiger partial charge >= 0.3 is 12.2 Å². The Morgan fingerprint density at radius 2 is 1.83 bits per heavy atom. The first-order chi connectivity index (χ1) is 14.2. The number of hydrogen-bond acceptors (Lipinski definition) is 4. The molecule has 158 valence electrons. The second kappa shape index (κ2) is 8.05. The summed E-state index contributed by atoms with van der Waals surface area (Å²) in [6.45, 7) is -0.276. The van der Waals surface area contributed by atoms with Gasteiger partial charge in [0.2, 0.25) is 0 Å². The van der Waals surface area contributed by atoms with E-state index in [1.165, 1.54) is 31.4 Å². The largest absolute Gasteiger partial charge is 0.497 e. The lowest BCUT2D eigenvalue weighted by Crippen LogP contribution is -2.69. The standard InChI is InChI=1S/C20H18F3N3O4/c1-30-15-9-5-8-14(12-15)16(27)24-19(20(21,22)23)17(28)26(18(29)25-19)11-10-13-6-3-2-4-7-13/h2-9,12H,10-11H2,1H3,(H,24,27)(H,25,29)/t19-/m0/s1. The number of nitrogens with zero attached hydrogens (tertiary/aromatic N) is 1. The lowest BCUT2D eigenvalue weighted by Gasteiger charge is -2.30. The summed E-state index contributed by atoms with van der Waals surface area (Å²) < 4.78 is 46.6. The van der Waals surface area contributed by atoms with E-state index in [-0.39, 0.29) is 24.3 Å². The number of carbonyl (C=O) groups excluding carboxylic acids is 3. The average molecular weight is 421 g/mol. The number of amides is 4. The van der Waals surface area contributed by atoms with Gasteiger partial charge in [-0.1, -0.05) is 36.4 Å². The molecule has 0 spiro atoms. The molecule has 1 aliphatic rings. The van der Waals surface area contributed by atoms with Crippen molar-refractivity contribution in [2.45, 2.75) is 18.3 Å². The summed E-state index contributed by atoms with van der Waals surface area (Å²) in [4.78, 5) is 37.8. The lowest BCUT2D eigenvalue weighted by molar-refractivity contribution is -0.200. The van der Waals surface area contributed by atoms with Gasteiger partial charge in [-0.25, -0.2) is 4.79 Å². The summed E-state index contributed by atoms with van der Waals surface area (Å²) in [5.41, 5.74) is -2.98. The van der Waals surface area contributed by atoms with Crippen LogP contribution in [-0.2, 0) is 11.2 Å². The fourth-order valence-electron chi connectivity index (χ4n) is 3.02. The molecule has 10 heteroatoms. The van der Waals surface area contributed by atoms with Crippen LogP contribution < -0.4 is 15.4 Å². The first-order valence-corrected chi connectivity index (χ1v) is 8.89. The van der Waals surface area contributed by atoms with Gasteiger partial charge in [0.05, 0.1) is 7.11 Å². The number of halogens is 3. The van der Waals surface area contributed by atoms with E-state index in [9.17, 15) is 27.6 Å². The van der Waals surface area contributed by atoms with Crippen LogP contribution >= 0.6 is 0 Å². The summed E-state index contributed by atoms with van der Waals surface area (Å²) in [5, 5.41) is 3.29. The van der Waals surface area contributed by atoms with Crippen molar-refractivity contribution in [1.29, 1.82) is 0 Å². The van der Waals surface area contributed by atoms with Crippen LogP contribution in [0.5, 0.6) is 5.75 Å². The van der Waals surface area contributed by atoms with Gasteiger partial charge in [-0.15, -0.1) is 0 Å². The molecule has 2 N–H and O–H groups in total. The molecule has 0 unspecified atom stereocenters. The average Bonchev–Trinajstić information content (AvgIpc) is 2.97. The van der Waals surface area contributed by atoms with Crippen LogP contribution in [0.2, 0.25) is 0 Å². The number of methoxy groups -OCH3 is 1. The minimum atomic E-state index is -5.27. The molecule has 30 heavy (non-hydrogen) atoms. The SMILES string of the molecule is COc1cccc(C(=O)N[C@]2(C(F)(F)F)NC(=O)N(CCc3ccccc3)C2=O)c1. The van der Waals surface area contributed by atoms with E-state index in [4.69, 9.17) is 4.74 Å². The third kappa shape index (κ3) is 3.93. The Kier molecular flexibility index (Phi) is 5.68. The van der Waals surface area contributed by atoms with Crippen molar-refractivity contribution in [2.24, 2.45) is 0 Å². The molecule has 3 rings (SSSR count). The zero-order valence-corrected chi connectivity index (χ0v) is 15.8. The van der Waals surface area contributed by atoms with Crippen LogP contribution in [0.4, 0.5) is 18.0 Å². The maximum absolute atomic E-state index is 13.9. The second-order valence-electron chi connectivity index (χ2n) is 6.56. The topological polar surface area (TPSA) is 87.7 Å². The van der Waals surface area contributed by atoms with Gasteiger partial charge < -0.3 is 10.1 Å². The number of rotatable bonds is 6. The number of ether oxygens (including phenoxy) is 1. The Morgan fingerprint density at radius 1 is 1.13 bits per heavy atom. The number of nitrogens with one attached hydrogen (secondary N) is 2. The zero-order chi connectivity index (χ0) is 21.9. The van der Waals surface area contributed by atoms with Gasteiger partial charge in [0.15, 0.2) is 0 Å². The first kappa shape index (κ1) is 21.2. The summed E-state index contributed by atoms with van der Waals surface area (Å²) in [6, 6.07) is 12.8. The minimum absolute atomic E-state index is 0.164. The second-order valence-corrected chi connectivity index (χ2v) is 6.56. The van der Waals surface area contributed by atoms with Crippen molar-refractivity contribution >= 4 is 17.8 Å². The molecule has 0 radical (unpaired) electrons. The number of carbonyl (C=O) groups is 3. The van der Waals surface area contributed by atoms with Crippen molar-refractivity contribution in [3.05, 3.63) is 65.7 Å². The number of benzene rings is 2. The maximum Gasteiger partial charge on any atom is 0.440 e. The molecular weight excluding hydrogens is 403 g/mol. The van der Waals surface area contributed by atoms with Crippen LogP contribution in [-0.4, -0.2) is 48.2 Å². The zero-order valence-electron chi connectivity index (χ0n) is 15.8. The Bertz CT molecular complexity index is 965. The van der Waals surface area contributed by atoms with Gasteiger partial charge in [0, 0.05) is 12.1 Å². The number of hydrogen-bond donors (Lipinski definition) is 2. The van der Waals surface area contributed by atoms with Crippen molar-refractivity contribution in [3.8, 4) is 5.75 Å². The van der Waals surface area contributed by atoms with Crippen molar-refractivity contribution < 1.29 is 32.3 Å². The van der Waals surface area contributed by atoms with Gasteiger partial charge in [-0.05, 0) is 30.2 Å². The molecule has 4 amide bonds. The summed E-state index contributed by atoms with van der Waals surface area (Å²) >= 11 is 0. The maximum atomic E-state index is 13.9. The number of imide groups is 1. The normalized spacial score (nSPS) is 18.9. The highest BCUT2D eigenvalue weighted by atomic mass is 19.4. The fourth-order valence-corrected chi connectivity index (χ4v) is 3.02. The molecule has 1 fully saturated rings. The summed E-state index contributed by atoms with van der Waals surface area (Å²) in [7, 11) is 1.33. The monoisotopic (exact) mass is 421 g/mol. The lowest BCUT2D eigenvalue weighted by atomic mass is 10.1. The van der Waals surface area contributed by atoms with E-state index < -0.39 is 29.7 Å². The van der Waals surface area contributed by atoms with E-state index >= 15 is 0 Å². The molecular formula is C20H18F3N3O4. The van der Waals surface area contributed by atoms with E-state index in [1.807, 2.05) is 0 Å². The van der Waals surface area contributed by atoms with Gasteiger partial charge in [-0.2, -0.15) is 13.2 Å². The molecule has 1 atom stereocenters. The van der Waals surface area contributed by atoms with Crippen molar-refractivity contribution in [1.82, 2.24) is 15.5 Å². The summed E-state index contributed by atoms with van der Waals surface area (Å²) in [6.07, 6.45) is -5.10. The quantitative estimate of drug-likeness (QED) is 0.702. The van der Waals surface area contributed by atoms with E-state index in [2.05, 4.69) is 0 Å². The third-order valence-electron chi connectivity index (χ3n) is 4.63. The van der Waals surface area contributed by atoms with Crippen LogP contribution in [0.25, 0.3) is 0 Å². The highest BCUT2D eigenvalue weighted by Gasteiger charge is 2.68. The molecule has 2 aromatic carbocycles. The first-order valence-electron chi connectivity index (χ1n) is 8.89. The third-order valence-corrected chi connectivity index (χ3v) is 4.63. The molecule has 7 nitrogen and oxygen atoms in total. The highest BCUT2D eigenvalue weighted by Crippen LogP contribution is 2.34. The molecule has 0 aliphatic carbocycles. The number of alkyl halides is 3. The van der Waals surface area contributed by atoms with Crippen LogP contribution in [0, 0.1) is 0 Å². The molecule has 0 aromatic heterocycles. The van der Waals surface area contributed by atoms with E-state index in [1.54, 1.807) is 41.0 Å². The van der Waals surface area contributed by atoms with Gasteiger partial charge in [-0.3, -0.25) is 19.8 Å². The van der Waals surface area contributed by atoms with Crippen LogP contribution in [0.15, 0.2) is 54.6 Å². The Balaban J connectivity index is 1.85. The summed E-state index contributed by atoms with van der Waals surface area (Å²) in [5.74, 6) is -2.54. The molecule has 0 saturated carbocycles. The molecule has 1 saturated heterocycles. The smallest absolute Gasteiger partial charge is 0.440 e. The molecule has 1 heterocycles. The number of urea groups is 1. The fraction of sp³-hybridized carbons (Fsp3) is 0.250.